The molecule has 0 heterocycles. The lowest BCUT2D eigenvalue weighted by Crippen LogP contribution is -2.32. The van der Waals surface area contributed by atoms with Gasteiger partial charge < -0.3 is 20.5 Å². The Morgan fingerprint density at radius 3 is 2.70 bits per heavy atom. The molecule has 1 atom stereocenters. The van der Waals surface area contributed by atoms with Crippen LogP contribution in [0.4, 0.5) is 0 Å². The summed E-state index contributed by atoms with van der Waals surface area (Å²) >= 11 is 0. The van der Waals surface area contributed by atoms with Crippen LogP contribution in [0.2, 0.25) is 0 Å². The van der Waals surface area contributed by atoms with E-state index in [9.17, 15) is 4.79 Å². The molecule has 0 radical (unpaired) electrons. The first-order chi connectivity index (χ1) is 9.19. The highest BCUT2D eigenvalue weighted by Crippen LogP contribution is 2.17. The smallest absolute Gasteiger partial charge is 0.224 e. The number of rotatable bonds is 8. The maximum absolute atomic E-state index is 11.7. The van der Waals surface area contributed by atoms with Crippen molar-refractivity contribution in [3.63, 3.8) is 0 Å². The largest absolute Gasteiger partial charge is 0.491 e. The molecule has 0 saturated carbocycles. The number of para-hydroxylation sites is 1. The second-order valence-corrected chi connectivity index (χ2v) is 4.30. The molecule has 5 nitrogen and oxygen atoms in total. The van der Waals surface area contributed by atoms with Gasteiger partial charge in [0.25, 0.3) is 0 Å². The highest BCUT2D eigenvalue weighted by atomic mass is 35.5. The van der Waals surface area contributed by atoms with E-state index in [4.69, 9.17) is 15.2 Å². The van der Waals surface area contributed by atoms with Crippen molar-refractivity contribution in [1.29, 1.82) is 0 Å². The van der Waals surface area contributed by atoms with Crippen LogP contribution in [0.15, 0.2) is 24.3 Å². The van der Waals surface area contributed by atoms with Crippen LogP contribution in [0.3, 0.4) is 0 Å². The van der Waals surface area contributed by atoms with Gasteiger partial charge >= 0.3 is 0 Å². The fourth-order valence-corrected chi connectivity index (χ4v) is 1.49. The number of carbonyl (C=O) groups is 1. The number of amides is 1. The Labute approximate surface area is 126 Å². The fraction of sp³-hybridized carbons (Fsp3) is 0.500. The van der Waals surface area contributed by atoms with Gasteiger partial charge in [-0.25, -0.2) is 0 Å². The standard InChI is InChI=1S/C14H22N2O3.ClH/c1-11(9-15)14(17)16-10-12-5-3-4-6-13(12)19-8-7-18-2;/h3-6,11H,7-10,15H2,1-2H3,(H,16,17);1H. The van der Waals surface area contributed by atoms with Crippen LogP contribution in [0.1, 0.15) is 12.5 Å². The summed E-state index contributed by atoms with van der Waals surface area (Å²) in [4.78, 5) is 11.7. The lowest BCUT2D eigenvalue weighted by atomic mass is 10.1. The summed E-state index contributed by atoms with van der Waals surface area (Å²) in [5.41, 5.74) is 6.39. The highest BCUT2D eigenvalue weighted by Gasteiger charge is 2.11. The molecule has 0 aliphatic carbocycles. The van der Waals surface area contributed by atoms with Crippen LogP contribution in [0, 0.1) is 5.92 Å². The zero-order valence-corrected chi connectivity index (χ0v) is 12.7. The number of carbonyl (C=O) groups excluding carboxylic acids is 1. The predicted octanol–water partition coefficient (Wildman–Crippen LogP) is 1.34. The number of nitrogens with one attached hydrogen (secondary N) is 1. The zero-order chi connectivity index (χ0) is 14.1. The minimum atomic E-state index is -0.179. The third-order valence-electron chi connectivity index (χ3n) is 2.77. The second kappa shape index (κ2) is 10.5. The Bertz CT molecular complexity index is 402. The number of ether oxygens (including phenoxy) is 2. The minimum absolute atomic E-state index is 0. The van der Waals surface area contributed by atoms with Gasteiger partial charge in [0.05, 0.1) is 6.61 Å². The van der Waals surface area contributed by atoms with Gasteiger partial charge in [0.15, 0.2) is 0 Å². The van der Waals surface area contributed by atoms with Crippen molar-refractivity contribution in [2.24, 2.45) is 11.7 Å². The molecule has 0 saturated heterocycles. The van der Waals surface area contributed by atoms with Crippen molar-refractivity contribution in [1.82, 2.24) is 5.32 Å². The van der Waals surface area contributed by atoms with E-state index >= 15 is 0 Å². The van der Waals surface area contributed by atoms with Crippen molar-refractivity contribution >= 4 is 18.3 Å². The molecule has 114 valence electrons. The molecular weight excluding hydrogens is 280 g/mol. The van der Waals surface area contributed by atoms with Crippen LogP contribution >= 0.6 is 12.4 Å². The Morgan fingerprint density at radius 2 is 2.05 bits per heavy atom. The maximum atomic E-state index is 11.7. The predicted molar refractivity (Wildman–Crippen MR) is 81.1 cm³/mol. The van der Waals surface area contributed by atoms with Crippen LogP contribution in [0.5, 0.6) is 5.75 Å². The summed E-state index contributed by atoms with van der Waals surface area (Å²) in [6, 6.07) is 7.62. The van der Waals surface area contributed by atoms with Crippen molar-refractivity contribution in [2.75, 3.05) is 26.9 Å². The molecule has 1 rings (SSSR count). The monoisotopic (exact) mass is 302 g/mol. The highest BCUT2D eigenvalue weighted by molar-refractivity contribution is 5.85. The average molecular weight is 303 g/mol. The van der Waals surface area contributed by atoms with Crippen LogP contribution < -0.4 is 15.8 Å². The van der Waals surface area contributed by atoms with Gasteiger partial charge in [0.2, 0.25) is 5.91 Å². The molecule has 3 N–H and O–H groups in total. The Morgan fingerprint density at radius 1 is 1.35 bits per heavy atom. The summed E-state index contributed by atoms with van der Waals surface area (Å²) in [7, 11) is 1.63. The van der Waals surface area contributed by atoms with Crippen LogP contribution in [-0.4, -0.2) is 32.8 Å². The molecule has 0 bridgehead atoms. The Hall–Kier alpha value is -1.30. The first kappa shape index (κ1) is 18.7. The molecule has 1 aromatic rings. The van der Waals surface area contributed by atoms with Gasteiger partial charge in [0, 0.05) is 31.7 Å². The van der Waals surface area contributed by atoms with E-state index in [2.05, 4.69) is 5.32 Å². The molecule has 0 spiro atoms. The van der Waals surface area contributed by atoms with Crippen molar-refractivity contribution in [2.45, 2.75) is 13.5 Å². The molecule has 1 aromatic carbocycles. The third-order valence-corrected chi connectivity index (χ3v) is 2.77. The molecule has 0 aliphatic rings. The first-order valence-corrected chi connectivity index (χ1v) is 6.36. The summed E-state index contributed by atoms with van der Waals surface area (Å²) in [6.45, 7) is 3.60. The Kier molecular flexibility index (Phi) is 9.80. The molecule has 0 fully saturated rings. The number of nitrogens with two attached hydrogens (primary N) is 1. The summed E-state index contributed by atoms with van der Waals surface area (Å²) < 4.78 is 10.5. The van der Waals surface area contributed by atoms with Gasteiger partial charge in [-0.2, -0.15) is 0 Å². The van der Waals surface area contributed by atoms with Crippen molar-refractivity contribution in [3.05, 3.63) is 29.8 Å². The normalized spacial score (nSPS) is 11.3. The summed E-state index contributed by atoms with van der Waals surface area (Å²) in [6.07, 6.45) is 0. The third kappa shape index (κ3) is 6.23. The van der Waals surface area contributed by atoms with E-state index in [-0.39, 0.29) is 24.2 Å². The van der Waals surface area contributed by atoms with Crippen molar-refractivity contribution < 1.29 is 14.3 Å². The molecule has 1 amide bonds. The summed E-state index contributed by atoms with van der Waals surface area (Å²) in [5.74, 6) is 0.538. The zero-order valence-electron chi connectivity index (χ0n) is 11.9. The maximum Gasteiger partial charge on any atom is 0.224 e. The molecule has 0 aliphatic heterocycles. The second-order valence-electron chi connectivity index (χ2n) is 4.30. The van der Waals surface area contributed by atoms with Gasteiger partial charge in [-0.15, -0.1) is 12.4 Å². The average Bonchev–Trinajstić information content (AvgIpc) is 2.45. The SMILES string of the molecule is COCCOc1ccccc1CNC(=O)C(C)CN.Cl. The van der Waals surface area contributed by atoms with Gasteiger partial charge in [0.1, 0.15) is 12.4 Å². The summed E-state index contributed by atoms with van der Waals surface area (Å²) in [5, 5.41) is 2.85. The molecule has 1 unspecified atom stereocenters. The number of hydrogen-bond acceptors (Lipinski definition) is 4. The van der Waals surface area contributed by atoms with Crippen LogP contribution in [-0.2, 0) is 16.1 Å². The molecule has 6 heteroatoms. The van der Waals surface area contributed by atoms with E-state index < -0.39 is 0 Å². The van der Waals surface area contributed by atoms with E-state index in [1.54, 1.807) is 14.0 Å². The number of halogens is 1. The lowest BCUT2D eigenvalue weighted by molar-refractivity contribution is -0.124. The number of hydrogen-bond donors (Lipinski definition) is 2. The van der Waals surface area contributed by atoms with E-state index in [1.807, 2.05) is 24.3 Å². The van der Waals surface area contributed by atoms with Gasteiger partial charge in [-0.1, -0.05) is 25.1 Å². The Balaban J connectivity index is 0.00000361. The number of benzene rings is 1. The van der Waals surface area contributed by atoms with Gasteiger partial charge in [-0.05, 0) is 6.07 Å². The fourth-order valence-electron chi connectivity index (χ4n) is 1.49. The first-order valence-electron chi connectivity index (χ1n) is 6.36. The molecular formula is C14H23ClN2O3. The number of methoxy groups -OCH3 is 1. The van der Waals surface area contributed by atoms with Gasteiger partial charge in [-0.3, -0.25) is 4.79 Å². The van der Waals surface area contributed by atoms with E-state index in [0.29, 0.717) is 26.3 Å². The quantitative estimate of drug-likeness (QED) is 0.711. The van der Waals surface area contributed by atoms with Crippen molar-refractivity contribution in [3.8, 4) is 5.75 Å². The minimum Gasteiger partial charge on any atom is -0.491 e. The van der Waals surface area contributed by atoms with E-state index in [1.165, 1.54) is 0 Å². The topological polar surface area (TPSA) is 73.6 Å². The van der Waals surface area contributed by atoms with E-state index in [0.717, 1.165) is 11.3 Å². The van der Waals surface area contributed by atoms with Crippen LogP contribution in [0.25, 0.3) is 0 Å². The molecule has 0 aromatic heterocycles. The molecule has 20 heavy (non-hydrogen) atoms. The lowest BCUT2D eigenvalue weighted by Gasteiger charge is -2.13.